The van der Waals surface area contributed by atoms with Gasteiger partial charge in [-0.1, -0.05) is 12.1 Å². The highest BCUT2D eigenvalue weighted by Crippen LogP contribution is 2.30. The number of hydrogen-bond donors (Lipinski definition) is 1. The van der Waals surface area contributed by atoms with Crippen molar-refractivity contribution in [2.75, 3.05) is 20.1 Å². The summed E-state index contributed by atoms with van der Waals surface area (Å²) in [6.45, 7) is 9.56. The first kappa shape index (κ1) is 17.8. The molecule has 4 heteroatoms. The lowest BCUT2D eigenvalue weighted by molar-refractivity contribution is -0.152. The monoisotopic (exact) mass is 319 g/mol. The fourth-order valence-corrected chi connectivity index (χ4v) is 3.28. The van der Waals surface area contributed by atoms with Crippen LogP contribution in [0, 0.1) is 19.8 Å². The zero-order valence-corrected chi connectivity index (χ0v) is 15.0. The SMILES string of the molecule is Cc1cc(CCC2CCN(C)C2)cc(C)c1OC(C)(C)C(=O)O. The van der Waals surface area contributed by atoms with Crippen molar-refractivity contribution in [3.8, 4) is 5.75 Å². The zero-order valence-electron chi connectivity index (χ0n) is 15.0. The van der Waals surface area contributed by atoms with Crippen molar-refractivity contribution in [1.82, 2.24) is 4.90 Å². The Labute approximate surface area is 139 Å². The summed E-state index contributed by atoms with van der Waals surface area (Å²) in [4.78, 5) is 13.7. The summed E-state index contributed by atoms with van der Waals surface area (Å²) < 4.78 is 5.77. The fourth-order valence-electron chi connectivity index (χ4n) is 3.28. The molecule has 1 atom stereocenters. The molecular formula is C19H29NO3. The summed E-state index contributed by atoms with van der Waals surface area (Å²) >= 11 is 0. The van der Waals surface area contributed by atoms with E-state index in [0.717, 1.165) is 23.5 Å². The third-order valence-corrected chi connectivity index (χ3v) is 4.72. The number of ether oxygens (including phenoxy) is 1. The maximum Gasteiger partial charge on any atom is 0.347 e. The number of nitrogens with zero attached hydrogens (tertiary/aromatic N) is 1. The smallest absolute Gasteiger partial charge is 0.347 e. The van der Waals surface area contributed by atoms with Crippen LogP contribution in [-0.2, 0) is 11.2 Å². The van der Waals surface area contributed by atoms with E-state index in [0.29, 0.717) is 5.75 Å². The van der Waals surface area contributed by atoms with E-state index in [2.05, 4.69) is 24.1 Å². The van der Waals surface area contributed by atoms with Crippen molar-refractivity contribution in [1.29, 1.82) is 0 Å². The predicted molar refractivity (Wildman–Crippen MR) is 92.2 cm³/mol. The van der Waals surface area contributed by atoms with Crippen LogP contribution in [0.4, 0.5) is 0 Å². The first-order valence-corrected chi connectivity index (χ1v) is 8.40. The molecule has 4 nitrogen and oxygen atoms in total. The number of aryl methyl sites for hydroxylation is 3. The lowest BCUT2D eigenvalue weighted by Crippen LogP contribution is -2.38. The molecule has 1 aromatic rings. The number of carbonyl (C=O) groups is 1. The van der Waals surface area contributed by atoms with Crippen LogP contribution < -0.4 is 4.74 Å². The van der Waals surface area contributed by atoms with Gasteiger partial charge in [-0.15, -0.1) is 0 Å². The van der Waals surface area contributed by atoms with Crippen LogP contribution in [0.2, 0.25) is 0 Å². The van der Waals surface area contributed by atoms with E-state index in [-0.39, 0.29) is 0 Å². The van der Waals surface area contributed by atoms with Crippen LogP contribution >= 0.6 is 0 Å². The Bertz CT molecular complexity index is 557. The molecule has 1 saturated heterocycles. The van der Waals surface area contributed by atoms with E-state index in [4.69, 9.17) is 4.74 Å². The van der Waals surface area contributed by atoms with E-state index in [1.54, 1.807) is 13.8 Å². The van der Waals surface area contributed by atoms with Gasteiger partial charge < -0.3 is 14.7 Å². The first-order chi connectivity index (χ1) is 10.7. The molecule has 0 bridgehead atoms. The molecule has 2 rings (SSSR count). The van der Waals surface area contributed by atoms with Crippen molar-refractivity contribution in [3.63, 3.8) is 0 Å². The molecule has 1 aliphatic rings. The van der Waals surface area contributed by atoms with Gasteiger partial charge in [0.15, 0.2) is 5.60 Å². The Morgan fingerprint density at radius 3 is 2.43 bits per heavy atom. The minimum atomic E-state index is -1.22. The van der Waals surface area contributed by atoms with Gasteiger partial charge in [-0.2, -0.15) is 0 Å². The number of hydrogen-bond acceptors (Lipinski definition) is 3. The maximum atomic E-state index is 11.3. The fraction of sp³-hybridized carbons (Fsp3) is 0.632. The summed E-state index contributed by atoms with van der Waals surface area (Å²) in [6, 6.07) is 4.28. The van der Waals surface area contributed by atoms with Crippen LogP contribution in [0.3, 0.4) is 0 Å². The van der Waals surface area contributed by atoms with Crippen molar-refractivity contribution < 1.29 is 14.6 Å². The first-order valence-electron chi connectivity index (χ1n) is 8.40. The Morgan fingerprint density at radius 2 is 1.96 bits per heavy atom. The van der Waals surface area contributed by atoms with Gasteiger partial charge in [0.2, 0.25) is 0 Å². The molecule has 1 unspecified atom stereocenters. The molecule has 1 aromatic carbocycles. The molecule has 0 amide bonds. The number of aliphatic carboxylic acids is 1. The minimum Gasteiger partial charge on any atom is -0.478 e. The third kappa shape index (κ3) is 4.47. The Balaban J connectivity index is 2.06. The van der Waals surface area contributed by atoms with Gasteiger partial charge >= 0.3 is 5.97 Å². The molecule has 128 valence electrons. The van der Waals surface area contributed by atoms with Crippen LogP contribution in [0.25, 0.3) is 0 Å². The molecule has 0 radical (unpaired) electrons. The molecule has 0 saturated carbocycles. The second kappa shape index (κ2) is 6.91. The summed E-state index contributed by atoms with van der Waals surface area (Å²) in [6.07, 6.45) is 3.58. The minimum absolute atomic E-state index is 0.696. The summed E-state index contributed by atoms with van der Waals surface area (Å²) in [5, 5.41) is 9.24. The second-order valence-corrected chi connectivity index (χ2v) is 7.43. The average Bonchev–Trinajstić information content (AvgIpc) is 2.86. The average molecular weight is 319 g/mol. The molecule has 1 fully saturated rings. The van der Waals surface area contributed by atoms with Crippen LogP contribution in [0.1, 0.15) is 43.4 Å². The van der Waals surface area contributed by atoms with Gasteiger partial charge in [-0.3, -0.25) is 0 Å². The highest BCUT2D eigenvalue weighted by Gasteiger charge is 2.30. The third-order valence-electron chi connectivity index (χ3n) is 4.72. The number of likely N-dealkylation sites (tertiary alicyclic amines) is 1. The van der Waals surface area contributed by atoms with Gasteiger partial charge in [0, 0.05) is 6.54 Å². The van der Waals surface area contributed by atoms with E-state index < -0.39 is 11.6 Å². The van der Waals surface area contributed by atoms with E-state index >= 15 is 0 Å². The van der Waals surface area contributed by atoms with E-state index in [1.165, 1.54) is 31.5 Å². The van der Waals surface area contributed by atoms with Crippen LogP contribution in [-0.4, -0.2) is 41.7 Å². The van der Waals surface area contributed by atoms with Gasteiger partial charge in [0.05, 0.1) is 0 Å². The maximum absolute atomic E-state index is 11.3. The number of rotatable bonds is 6. The second-order valence-electron chi connectivity index (χ2n) is 7.43. The van der Waals surface area contributed by atoms with Crippen molar-refractivity contribution >= 4 is 5.97 Å². The summed E-state index contributed by atoms with van der Waals surface area (Å²) in [7, 11) is 2.19. The van der Waals surface area contributed by atoms with Gasteiger partial charge in [0.1, 0.15) is 5.75 Å². The largest absolute Gasteiger partial charge is 0.478 e. The highest BCUT2D eigenvalue weighted by atomic mass is 16.5. The lowest BCUT2D eigenvalue weighted by atomic mass is 9.96. The topological polar surface area (TPSA) is 49.8 Å². The molecule has 1 heterocycles. The van der Waals surface area contributed by atoms with E-state index in [9.17, 15) is 9.90 Å². The Hall–Kier alpha value is -1.55. The van der Waals surface area contributed by atoms with Crippen molar-refractivity contribution in [3.05, 3.63) is 28.8 Å². The van der Waals surface area contributed by atoms with Crippen LogP contribution in [0.5, 0.6) is 5.75 Å². The molecular weight excluding hydrogens is 290 g/mol. The Kier molecular flexibility index (Phi) is 5.35. The number of carboxylic acid groups (broad SMARTS) is 1. The summed E-state index contributed by atoms with van der Waals surface area (Å²) in [5.41, 5.74) is 2.12. The Morgan fingerprint density at radius 1 is 1.35 bits per heavy atom. The zero-order chi connectivity index (χ0) is 17.2. The predicted octanol–water partition coefficient (Wildman–Crippen LogP) is 3.43. The molecule has 1 aliphatic heterocycles. The molecule has 23 heavy (non-hydrogen) atoms. The highest BCUT2D eigenvalue weighted by molar-refractivity contribution is 5.77. The standard InChI is InChI=1S/C19H29NO3/c1-13-10-16(7-6-15-8-9-20(5)12-15)11-14(2)17(13)23-19(3,4)18(21)22/h10-11,15H,6-9,12H2,1-5H3,(H,21,22). The van der Waals surface area contributed by atoms with Gasteiger partial charge in [-0.05, 0) is 83.2 Å². The normalized spacial score (nSPS) is 19.1. The molecule has 0 aliphatic carbocycles. The van der Waals surface area contributed by atoms with Gasteiger partial charge in [-0.25, -0.2) is 4.79 Å². The van der Waals surface area contributed by atoms with Crippen molar-refractivity contribution in [2.24, 2.45) is 5.92 Å². The number of carboxylic acids is 1. The van der Waals surface area contributed by atoms with Gasteiger partial charge in [0.25, 0.3) is 0 Å². The van der Waals surface area contributed by atoms with E-state index in [1.807, 2.05) is 13.8 Å². The quantitative estimate of drug-likeness (QED) is 0.873. The molecule has 1 N–H and O–H groups in total. The van der Waals surface area contributed by atoms with Crippen LogP contribution in [0.15, 0.2) is 12.1 Å². The lowest BCUT2D eigenvalue weighted by Gasteiger charge is -2.24. The molecule has 0 aromatic heterocycles. The summed E-state index contributed by atoms with van der Waals surface area (Å²) in [5.74, 6) is 0.537. The molecule has 0 spiro atoms. The van der Waals surface area contributed by atoms with Crippen molar-refractivity contribution in [2.45, 2.75) is 52.6 Å². The number of benzene rings is 1.